The van der Waals surface area contributed by atoms with Gasteiger partial charge in [0.1, 0.15) is 0 Å². The summed E-state index contributed by atoms with van der Waals surface area (Å²) < 4.78 is 2.39. The normalized spacial score (nSPS) is 28.6. The summed E-state index contributed by atoms with van der Waals surface area (Å²) in [5.41, 5.74) is 3.73. The Balaban J connectivity index is 1.99. The van der Waals surface area contributed by atoms with E-state index in [0.29, 0.717) is 12.5 Å². The number of rotatable bonds is 1. The zero-order chi connectivity index (χ0) is 15.4. The SMILES string of the molecule is Cc1cc2c(n1C1CCC(=O)N(C)C1)CC(C)(C)CC2O. The molecule has 4 nitrogen and oxygen atoms in total. The summed E-state index contributed by atoms with van der Waals surface area (Å²) in [6.45, 7) is 7.34. The number of carbonyl (C=O) groups is 1. The number of piperidine rings is 1. The van der Waals surface area contributed by atoms with Gasteiger partial charge in [-0.25, -0.2) is 0 Å². The van der Waals surface area contributed by atoms with Gasteiger partial charge in [-0.1, -0.05) is 13.8 Å². The van der Waals surface area contributed by atoms with Crippen LogP contribution in [0.25, 0.3) is 0 Å². The van der Waals surface area contributed by atoms with Crippen LogP contribution in [0.2, 0.25) is 0 Å². The molecule has 2 aliphatic rings. The molecule has 4 heteroatoms. The van der Waals surface area contributed by atoms with E-state index in [1.165, 1.54) is 11.4 Å². The van der Waals surface area contributed by atoms with Crippen LogP contribution < -0.4 is 0 Å². The third kappa shape index (κ3) is 2.50. The first-order valence-electron chi connectivity index (χ1n) is 7.91. The highest BCUT2D eigenvalue weighted by Gasteiger charge is 2.36. The molecule has 1 aromatic rings. The number of aromatic nitrogens is 1. The van der Waals surface area contributed by atoms with Gasteiger partial charge < -0.3 is 14.6 Å². The highest BCUT2D eigenvalue weighted by molar-refractivity contribution is 5.76. The molecule has 116 valence electrons. The second-order valence-electron chi connectivity index (χ2n) is 7.59. The lowest BCUT2D eigenvalue weighted by atomic mass is 9.75. The molecule has 0 spiro atoms. The number of nitrogens with zero attached hydrogens (tertiary/aromatic N) is 2. The molecule has 1 aliphatic heterocycles. The summed E-state index contributed by atoms with van der Waals surface area (Å²) in [7, 11) is 1.89. The highest BCUT2D eigenvalue weighted by atomic mass is 16.3. The van der Waals surface area contributed by atoms with Gasteiger partial charge in [0, 0.05) is 37.0 Å². The minimum Gasteiger partial charge on any atom is -0.388 e. The zero-order valence-corrected chi connectivity index (χ0v) is 13.5. The van der Waals surface area contributed by atoms with Crippen molar-refractivity contribution in [2.24, 2.45) is 5.41 Å². The van der Waals surface area contributed by atoms with Crippen LogP contribution in [-0.2, 0) is 11.2 Å². The first-order chi connectivity index (χ1) is 9.78. The number of fused-ring (bicyclic) bond motifs is 1. The van der Waals surface area contributed by atoms with Crippen molar-refractivity contribution in [2.75, 3.05) is 13.6 Å². The van der Waals surface area contributed by atoms with Gasteiger partial charge in [-0.05, 0) is 37.7 Å². The van der Waals surface area contributed by atoms with Crippen LogP contribution in [0.5, 0.6) is 0 Å². The number of aryl methyl sites for hydroxylation is 1. The summed E-state index contributed by atoms with van der Waals surface area (Å²) in [5, 5.41) is 10.4. The molecule has 0 radical (unpaired) electrons. The lowest BCUT2D eigenvalue weighted by Gasteiger charge is -2.37. The third-order valence-electron chi connectivity index (χ3n) is 5.09. The van der Waals surface area contributed by atoms with E-state index in [9.17, 15) is 9.90 Å². The molecule has 3 rings (SSSR count). The molecule has 1 fully saturated rings. The first kappa shape index (κ1) is 14.6. The van der Waals surface area contributed by atoms with Gasteiger partial charge in [0.25, 0.3) is 0 Å². The molecule has 21 heavy (non-hydrogen) atoms. The largest absolute Gasteiger partial charge is 0.388 e. The van der Waals surface area contributed by atoms with Crippen LogP contribution in [0, 0.1) is 12.3 Å². The number of hydrogen-bond acceptors (Lipinski definition) is 2. The van der Waals surface area contributed by atoms with Gasteiger partial charge in [-0.2, -0.15) is 0 Å². The van der Waals surface area contributed by atoms with Crippen molar-refractivity contribution in [3.8, 4) is 0 Å². The van der Waals surface area contributed by atoms with E-state index in [1.807, 2.05) is 11.9 Å². The quantitative estimate of drug-likeness (QED) is 0.864. The molecule has 0 bridgehead atoms. The van der Waals surface area contributed by atoms with Crippen molar-refractivity contribution in [3.63, 3.8) is 0 Å². The Morgan fingerprint density at radius 3 is 2.76 bits per heavy atom. The number of likely N-dealkylation sites (tertiary alicyclic amines) is 1. The van der Waals surface area contributed by atoms with Crippen molar-refractivity contribution in [3.05, 3.63) is 23.0 Å². The molecule has 0 aromatic carbocycles. The van der Waals surface area contributed by atoms with Gasteiger partial charge >= 0.3 is 0 Å². The fourth-order valence-electron chi connectivity index (χ4n) is 4.07. The van der Waals surface area contributed by atoms with Gasteiger partial charge in [-0.3, -0.25) is 4.79 Å². The number of carbonyl (C=O) groups excluding carboxylic acids is 1. The Hall–Kier alpha value is -1.29. The average Bonchev–Trinajstić information content (AvgIpc) is 2.68. The van der Waals surface area contributed by atoms with E-state index in [2.05, 4.69) is 31.4 Å². The van der Waals surface area contributed by atoms with Gasteiger partial charge in [0.2, 0.25) is 5.91 Å². The molecule has 2 atom stereocenters. The summed E-state index contributed by atoms with van der Waals surface area (Å²) >= 11 is 0. The maximum atomic E-state index is 11.7. The van der Waals surface area contributed by atoms with Crippen LogP contribution >= 0.6 is 0 Å². The third-order valence-corrected chi connectivity index (χ3v) is 5.09. The topological polar surface area (TPSA) is 45.5 Å². The molecule has 1 saturated heterocycles. The molecule has 2 heterocycles. The fraction of sp³-hybridized carbons (Fsp3) is 0.706. The van der Waals surface area contributed by atoms with Crippen LogP contribution in [0.4, 0.5) is 0 Å². The second kappa shape index (κ2) is 4.87. The Labute approximate surface area is 126 Å². The van der Waals surface area contributed by atoms with Gasteiger partial charge in [-0.15, -0.1) is 0 Å². The monoisotopic (exact) mass is 290 g/mol. The van der Waals surface area contributed by atoms with E-state index in [1.54, 1.807) is 0 Å². The molecule has 1 aliphatic carbocycles. The van der Waals surface area contributed by atoms with Crippen LogP contribution in [0.1, 0.15) is 62.2 Å². The smallest absolute Gasteiger partial charge is 0.222 e. The Kier molecular flexibility index (Phi) is 3.40. The molecular weight excluding hydrogens is 264 g/mol. The van der Waals surface area contributed by atoms with Crippen molar-refractivity contribution < 1.29 is 9.90 Å². The van der Waals surface area contributed by atoms with Crippen molar-refractivity contribution in [1.29, 1.82) is 0 Å². The Bertz CT molecular complexity index is 574. The molecule has 1 N–H and O–H groups in total. The Morgan fingerprint density at radius 2 is 2.10 bits per heavy atom. The zero-order valence-electron chi connectivity index (χ0n) is 13.5. The van der Waals surface area contributed by atoms with E-state index >= 15 is 0 Å². The highest BCUT2D eigenvalue weighted by Crippen LogP contribution is 2.43. The number of likely N-dealkylation sites (N-methyl/N-ethyl adjacent to an activating group) is 1. The molecule has 1 aromatic heterocycles. The standard InChI is InChI=1S/C17H26N2O2/c1-11-7-13-14(8-17(2,3)9-15(13)20)19(11)12-5-6-16(21)18(4)10-12/h7,12,15,20H,5-6,8-10H2,1-4H3. The lowest BCUT2D eigenvalue weighted by molar-refractivity contribution is -0.132. The maximum Gasteiger partial charge on any atom is 0.222 e. The summed E-state index contributed by atoms with van der Waals surface area (Å²) in [4.78, 5) is 13.6. The molecule has 1 amide bonds. The maximum absolute atomic E-state index is 11.7. The average molecular weight is 290 g/mol. The van der Waals surface area contributed by atoms with Crippen LogP contribution in [0.3, 0.4) is 0 Å². The predicted molar refractivity (Wildman–Crippen MR) is 82.1 cm³/mol. The van der Waals surface area contributed by atoms with E-state index in [-0.39, 0.29) is 17.4 Å². The number of hydrogen-bond donors (Lipinski definition) is 1. The Morgan fingerprint density at radius 1 is 1.38 bits per heavy atom. The van der Waals surface area contributed by atoms with Gasteiger partial charge in [0.05, 0.1) is 12.1 Å². The van der Waals surface area contributed by atoms with Crippen molar-refractivity contribution >= 4 is 5.91 Å². The van der Waals surface area contributed by atoms with Crippen molar-refractivity contribution in [1.82, 2.24) is 9.47 Å². The minimum atomic E-state index is -0.355. The van der Waals surface area contributed by atoms with E-state index < -0.39 is 0 Å². The lowest BCUT2D eigenvalue weighted by Crippen LogP contribution is -2.39. The van der Waals surface area contributed by atoms with E-state index in [4.69, 9.17) is 0 Å². The van der Waals surface area contributed by atoms with Crippen LogP contribution in [-0.4, -0.2) is 34.1 Å². The second-order valence-corrected chi connectivity index (χ2v) is 7.59. The number of aliphatic hydroxyl groups is 1. The summed E-state index contributed by atoms with van der Waals surface area (Å²) in [6, 6.07) is 2.49. The minimum absolute atomic E-state index is 0.130. The fourth-order valence-corrected chi connectivity index (χ4v) is 4.07. The van der Waals surface area contributed by atoms with E-state index in [0.717, 1.165) is 31.4 Å². The van der Waals surface area contributed by atoms with Crippen LogP contribution in [0.15, 0.2) is 6.07 Å². The summed E-state index contributed by atoms with van der Waals surface area (Å²) in [5.74, 6) is 0.241. The molecular formula is C17H26N2O2. The predicted octanol–water partition coefficient (Wildman–Crippen LogP) is 2.60. The first-order valence-corrected chi connectivity index (χ1v) is 7.91. The number of aliphatic hydroxyl groups excluding tert-OH is 1. The summed E-state index contributed by atoms with van der Waals surface area (Å²) in [6.07, 6.45) is 3.00. The van der Waals surface area contributed by atoms with Gasteiger partial charge in [0.15, 0.2) is 0 Å². The molecule has 0 saturated carbocycles. The molecule has 2 unspecified atom stereocenters. The van der Waals surface area contributed by atoms with Crippen molar-refractivity contribution in [2.45, 2.75) is 58.6 Å². The number of amides is 1.